The van der Waals surface area contributed by atoms with Gasteiger partial charge in [-0.3, -0.25) is 24.2 Å². The van der Waals surface area contributed by atoms with Crippen LogP contribution < -0.4 is 33.2 Å². The van der Waals surface area contributed by atoms with Crippen LogP contribution in [0.15, 0.2) is 4.99 Å². The van der Waals surface area contributed by atoms with Crippen molar-refractivity contribution >= 4 is 29.7 Å². The molecule has 0 aromatic heterocycles. The van der Waals surface area contributed by atoms with E-state index in [9.17, 15) is 24.3 Å². The van der Waals surface area contributed by atoms with E-state index < -0.39 is 54.5 Å². The number of aliphatic carboxylic acids is 1. The number of aliphatic hydroxyl groups excluding tert-OH is 1. The van der Waals surface area contributed by atoms with E-state index in [1.165, 1.54) is 6.92 Å². The Balaban J connectivity index is 5.01. The Bertz CT molecular complexity index is 651. The number of carbonyl (C=O) groups excluding carboxylic acids is 3. The van der Waals surface area contributed by atoms with Gasteiger partial charge in [-0.25, -0.2) is 0 Å². The molecule has 13 nitrogen and oxygen atoms in total. The first kappa shape index (κ1) is 28.1. The quantitative estimate of drug-likeness (QED) is 0.0769. The third kappa shape index (κ3) is 11.7. The number of amides is 3. The molecule has 4 unspecified atom stereocenters. The highest BCUT2D eigenvalue weighted by atomic mass is 16.4. The summed E-state index contributed by atoms with van der Waals surface area (Å²) in [6, 6.07) is -4.49. The molecule has 0 bridgehead atoms. The van der Waals surface area contributed by atoms with Gasteiger partial charge in [0.1, 0.15) is 18.1 Å². The van der Waals surface area contributed by atoms with Gasteiger partial charge >= 0.3 is 5.97 Å². The lowest BCUT2D eigenvalue weighted by molar-refractivity contribution is -0.142. The van der Waals surface area contributed by atoms with Crippen LogP contribution in [0.3, 0.4) is 0 Å². The molecule has 0 rings (SSSR count). The second kappa shape index (κ2) is 14.1. The van der Waals surface area contributed by atoms with Gasteiger partial charge in [0.25, 0.3) is 0 Å². The summed E-state index contributed by atoms with van der Waals surface area (Å²) in [5.41, 5.74) is 16.3. The van der Waals surface area contributed by atoms with Gasteiger partial charge in [0, 0.05) is 6.54 Å². The topological polar surface area (TPSA) is 235 Å². The van der Waals surface area contributed by atoms with E-state index in [0.717, 1.165) is 0 Å². The minimum absolute atomic E-state index is 0.0163. The highest BCUT2D eigenvalue weighted by molar-refractivity contribution is 5.94. The van der Waals surface area contributed by atoms with E-state index in [1.807, 2.05) is 13.8 Å². The van der Waals surface area contributed by atoms with E-state index in [-0.39, 0.29) is 24.7 Å². The Morgan fingerprint density at radius 3 is 1.97 bits per heavy atom. The van der Waals surface area contributed by atoms with E-state index in [2.05, 4.69) is 20.9 Å². The molecule has 0 saturated carbocycles. The number of rotatable bonds is 14. The van der Waals surface area contributed by atoms with Crippen LogP contribution in [0.25, 0.3) is 0 Å². The molecule has 3 amide bonds. The van der Waals surface area contributed by atoms with Crippen molar-refractivity contribution in [1.29, 1.82) is 0 Å². The van der Waals surface area contributed by atoms with Gasteiger partial charge in [0.2, 0.25) is 17.7 Å². The van der Waals surface area contributed by atoms with E-state index in [1.54, 1.807) is 0 Å². The number of nitrogens with zero attached hydrogens (tertiary/aromatic N) is 1. The van der Waals surface area contributed by atoms with Gasteiger partial charge in [-0.2, -0.15) is 0 Å². The summed E-state index contributed by atoms with van der Waals surface area (Å²) in [4.78, 5) is 51.8. The van der Waals surface area contributed by atoms with Gasteiger partial charge in [-0.15, -0.1) is 0 Å². The predicted octanol–water partition coefficient (Wildman–Crippen LogP) is -3.04. The smallest absolute Gasteiger partial charge is 0.325 e. The summed E-state index contributed by atoms with van der Waals surface area (Å²) >= 11 is 0. The molecule has 0 fully saturated rings. The van der Waals surface area contributed by atoms with E-state index in [4.69, 9.17) is 22.3 Å². The first-order valence-corrected chi connectivity index (χ1v) is 9.94. The molecule has 13 heteroatoms. The van der Waals surface area contributed by atoms with Crippen LogP contribution in [0.1, 0.15) is 40.0 Å². The normalized spacial score (nSPS) is 14.6. The first-order valence-electron chi connectivity index (χ1n) is 9.94. The van der Waals surface area contributed by atoms with Crippen molar-refractivity contribution in [1.82, 2.24) is 16.0 Å². The molecular weight excluding hydrogens is 410 g/mol. The fraction of sp³-hybridized carbons (Fsp3) is 0.722. The van der Waals surface area contributed by atoms with Crippen molar-refractivity contribution in [2.45, 2.75) is 64.2 Å². The number of nitrogens with one attached hydrogen (secondary N) is 3. The number of hydrogen-bond donors (Lipinski definition) is 8. The van der Waals surface area contributed by atoms with Gasteiger partial charge in [0.15, 0.2) is 5.96 Å². The number of guanidine groups is 1. The Kier molecular flexibility index (Phi) is 12.8. The van der Waals surface area contributed by atoms with Gasteiger partial charge < -0.3 is 43.4 Å². The van der Waals surface area contributed by atoms with Crippen molar-refractivity contribution < 1.29 is 29.4 Å². The fourth-order valence-electron chi connectivity index (χ4n) is 2.47. The maximum atomic E-state index is 12.6. The number of carboxylic acid groups (broad SMARTS) is 1. The maximum Gasteiger partial charge on any atom is 0.325 e. The molecule has 0 aliphatic heterocycles. The molecule has 0 aromatic carbocycles. The fourth-order valence-corrected chi connectivity index (χ4v) is 2.47. The summed E-state index contributed by atoms with van der Waals surface area (Å²) in [6.45, 7) is 4.48. The summed E-state index contributed by atoms with van der Waals surface area (Å²) in [5, 5.41) is 25.3. The molecule has 0 aromatic rings. The molecule has 178 valence electrons. The van der Waals surface area contributed by atoms with Crippen LogP contribution in [0.4, 0.5) is 0 Å². The van der Waals surface area contributed by atoms with Crippen molar-refractivity contribution in [2.24, 2.45) is 28.1 Å². The Hall–Kier alpha value is -2.93. The number of aliphatic hydroxyl groups is 1. The SMILES string of the molecule is CC(C)CC(NC(=O)C(N)CCCN=C(N)N)C(=O)NC(CO)C(=O)NC(C)C(=O)O. The number of hydrogen-bond acceptors (Lipinski definition) is 7. The average Bonchev–Trinajstić information content (AvgIpc) is 2.67. The minimum atomic E-state index is -1.38. The summed E-state index contributed by atoms with van der Waals surface area (Å²) in [7, 11) is 0. The van der Waals surface area contributed by atoms with Crippen LogP contribution in [0.2, 0.25) is 0 Å². The number of nitrogens with two attached hydrogens (primary N) is 3. The molecule has 0 heterocycles. The number of carbonyl (C=O) groups is 4. The Morgan fingerprint density at radius 1 is 0.935 bits per heavy atom. The molecule has 0 radical (unpaired) electrons. The zero-order valence-corrected chi connectivity index (χ0v) is 18.1. The molecule has 31 heavy (non-hydrogen) atoms. The average molecular weight is 446 g/mol. The molecule has 0 spiro atoms. The lowest BCUT2D eigenvalue weighted by atomic mass is 10.0. The standard InChI is InChI=1S/C18H35N7O6/c1-9(2)7-12(24-14(27)11(19)5-4-6-22-18(20)21)15(28)25-13(8-26)16(29)23-10(3)17(30)31/h9-13,26H,4-8,19H2,1-3H3,(H,23,29)(H,24,27)(H,25,28)(H,30,31)(H4,20,21,22). The molecular formula is C18H35N7O6. The summed E-state index contributed by atoms with van der Waals surface area (Å²) in [6.07, 6.45) is 0.999. The van der Waals surface area contributed by atoms with Gasteiger partial charge in [-0.05, 0) is 32.1 Å². The van der Waals surface area contributed by atoms with Crippen LogP contribution in [-0.4, -0.2) is 77.2 Å². The molecule has 0 aliphatic rings. The third-order valence-corrected chi connectivity index (χ3v) is 4.19. The molecule has 0 saturated heterocycles. The Labute approximate surface area is 181 Å². The first-order chi connectivity index (χ1) is 14.4. The van der Waals surface area contributed by atoms with Crippen LogP contribution in [0, 0.1) is 5.92 Å². The van der Waals surface area contributed by atoms with Crippen LogP contribution in [-0.2, 0) is 19.2 Å². The maximum absolute atomic E-state index is 12.6. The van der Waals surface area contributed by atoms with Crippen molar-refractivity contribution in [2.75, 3.05) is 13.2 Å². The predicted molar refractivity (Wildman–Crippen MR) is 114 cm³/mol. The molecule has 0 aliphatic carbocycles. The van der Waals surface area contributed by atoms with Crippen molar-refractivity contribution in [3.05, 3.63) is 0 Å². The highest BCUT2D eigenvalue weighted by Crippen LogP contribution is 2.07. The minimum Gasteiger partial charge on any atom is -0.480 e. The largest absolute Gasteiger partial charge is 0.480 e. The molecule has 4 atom stereocenters. The lowest BCUT2D eigenvalue weighted by Gasteiger charge is -2.24. The highest BCUT2D eigenvalue weighted by Gasteiger charge is 2.29. The van der Waals surface area contributed by atoms with Gasteiger partial charge in [-0.1, -0.05) is 13.8 Å². The van der Waals surface area contributed by atoms with Crippen molar-refractivity contribution in [3.8, 4) is 0 Å². The van der Waals surface area contributed by atoms with E-state index in [0.29, 0.717) is 13.0 Å². The van der Waals surface area contributed by atoms with Crippen LogP contribution in [0.5, 0.6) is 0 Å². The second-order valence-electron chi connectivity index (χ2n) is 7.56. The monoisotopic (exact) mass is 445 g/mol. The third-order valence-electron chi connectivity index (χ3n) is 4.19. The van der Waals surface area contributed by atoms with E-state index >= 15 is 0 Å². The zero-order chi connectivity index (χ0) is 24.1. The zero-order valence-electron chi connectivity index (χ0n) is 18.1. The Morgan fingerprint density at radius 2 is 1.48 bits per heavy atom. The number of carboxylic acids is 1. The summed E-state index contributed by atoms with van der Waals surface area (Å²) in [5.74, 6) is -3.44. The van der Waals surface area contributed by atoms with Gasteiger partial charge in [0.05, 0.1) is 12.6 Å². The lowest BCUT2D eigenvalue weighted by Crippen LogP contribution is -2.58. The van der Waals surface area contributed by atoms with Crippen molar-refractivity contribution in [3.63, 3.8) is 0 Å². The molecule has 11 N–H and O–H groups in total. The number of aliphatic imine (C=N–C) groups is 1. The van der Waals surface area contributed by atoms with Crippen LogP contribution >= 0.6 is 0 Å². The second-order valence-corrected chi connectivity index (χ2v) is 7.56. The summed E-state index contributed by atoms with van der Waals surface area (Å²) < 4.78 is 0.